The fraction of sp³-hybridized carbons (Fsp3) is 0.170. The zero-order valence-corrected chi connectivity index (χ0v) is 30.1. The normalized spacial score (nSPS) is 26.1. The molecule has 1 nitrogen and oxygen atoms in total. The summed E-state index contributed by atoms with van der Waals surface area (Å²) in [6.07, 6.45) is 4.31. The Morgan fingerprint density at radius 3 is 1.87 bits per heavy atom. The van der Waals surface area contributed by atoms with Crippen molar-refractivity contribution < 1.29 is 0 Å². The van der Waals surface area contributed by atoms with E-state index in [0.29, 0.717) is 5.41 Å². The molecule has 0 saturated heterocycles. The Morgan fingerprint density at radius 1 is 0.426 bits per heavy atom. The molecule has 0 N–H and O–H groups in total. The molecule has 0 bridgehead atoms. The highest BCUT2D eigenvalue weighted by Crippen LogP contribution is 2.94. The Bertz CT molecular complexity index is 2830. The second-order valence-corrected chi connectivity index (χ2v) is 16.8. The van der Waals surface area contributed by atoms with Gasteiger partial charge in [0.1, 0.15) is 0 Å². The molecule has 8 aromatic rings. The summed E-state index contributed by atoms with van der Waals surface area (Å²) >= 11 is 0. The van der Waals surface area contributed by atoms with Gasteiger partial charge < -0.3 is 4.90 Å². The molecule has 4 saturated carbocycles. The van der Waals surface area contributed by atoms with Gasteiger partial charge in [0.05, 0.1) is 11.4 Å². The third-order valence-corrected chi connectivity index (χ3v) is 15.1. The minimum absolute atomic E-state index is 0.152. The van der Waals surface area contributed by atoms with Gasteiger partial charge in [-0.2, -0.15) is 0 Å². The predicted molar refractivity (Wildman–Crippen MR) is 223 cm³/mol. The van der Waals surface area contributed by atoms with Gasteiger partial charge in [-0.15, -0.1) is 0 Å². The Morgan fingerprint density at radius 2 is 1.04 bits per heavy atom. The summed E-state index contributed by atoms with van der Waals surface area (Å²) in [5.41, 5.74) is 15.6. The van der Waals surface area contributed by atoms with E-state index in [2.05, 4.69) is 181 Å². The molecule has 0 aromatic heterocycles. The second-order valence-electron chi connectivity index (χ2n) is 16.8. The van der Waals surface area contributed by atoms with Crippen molar-refractivity contribution >= 4 is 38.6 Å². The summed E-state index contributed by atoms with van der Waals surface area (Å²) in [5, 5.41) is 5.06. The van der Waals surface area contributed by atoms with E-state index in [9.17, 15) is 0 Å². The number of nitrogens with zero attached hydrogens (tertiary/aromatic N) is 1. The number of hydrogen-bond donors (Lipinski definition) is 0. The first-order valence-electron chi connectivity index (χ1n) is 20.0. The van der Waals surface area contributed by atoms with E-state index in [-0.39, 0.29) is 5.41 Å². The molecule has 5 aliphatic carbocycles. The lowest BCUT2D eigenvalue weighted by Gasteiger charge is -2.92. The Balaban J connectivity index is 1.07. The summed E-state index contributed by atoms with van der Waals surface area (Å²) in [5.74, 6) is 3.54. The van der Waals surface area contributed by atoms with Gasteiger partial charge in [0.2, 0.25) is 0 Å². The number of fused-ring (bicyclic) bond motifs is 9. The van der Waals surface area contributed by atoms with Gasteiger partial charge in [0.25, 0.3) is 0 Å². The Kier molecular flexibility index (Phi) is 5.68. The number of hydrogen-bond acceptors (Lipinski definition) is 1. The minimum Gasteiger partial charge on any atom is -0.309 e. The molecule has 256 valence electrons. The second kappa shape index (κ2) is 10.4. The average Bonchev–Trinajstić information content (AvgIpc) is 3.50. The largest absolute Gasteiger partial charge is 0.309 e. The Hall–Kier alpha value is -5.92. The molecule has 4 fully saturated rings. The van der Waals surface area contributed by atoms with Crippen LogP contribution in [0.2, 0.25) is 0 Å². The van der Waals surface area contributed by atoms with Gasteiger partial charge >= 0.3 is 0 Å². The third-order valence-electron chi connectivity index (χ3n) is 15.1. The zero-order chi connectivity index (χ0) is 35.2. The van der Waals surface area contributed by atoms with E-state index in [1.165, 1.54) is 91.3 Å². The first-order valence-corrected chi connectivity index (χ1v) is 20.0. The van der Waals surface area contributed by atoms with Crippen LogP contribution in [0, 0.1) is 29.1 Å². The van der Waals surface area contributed by atoms with Gasteiger partial charge in [-0.1, -0.05) is 152 Å². The van der Waals surface area contributed by atoms with Crippen LogP contribution in [0.15, 0.2) is 176 Å². The summed E-state index contributed by atoms with van der Waals surface area (Å²) in [7, 11) is 0. The molecule has 0 heterocycles. The molecule has 0 aliphatic heterocycles. The molecule has 54 heavy (non-hydrogen) atoms. The smallest absolute Gasteiger partial charge is 0.0540 e. The molecule has 8 aromatic carbocycles. The lowest BCUT2D eigenvalue weighted by molar-refractivity contribution is -0.412. The minimum atomic E-state index is 0.152. The zero-order valence-electron chi connectivity index (χ0n) is 30.1. The average molecular weight is 690 g/mol. The predicted octanol–water partition coefficient (Wildman–Crippen LogP) is 13.7. The van der Waals surface area contributed by atoms with E-state index in [1.54, 1.807) is 11.1 Å². The molecule has 0 radical (unpaired) electrons. The number of para-hydroxylation sites is 1. The van der Waals surface area contributed by atoms with Crippen LogP contribution in [0.4, 0.5) is 17.1 Å². The van der Waals surface area contributed by atoms with Crippen LogP contribution < -0.4 is 4.90 Å². The summed E-state index contributed by atoms with van der Waals surface area (Å²) in [4.78, 5) is 2.59. The fourth-order valence-electron chi connectivity index (χ4n) is 13.2. The van der Waals surface area contributed by atoms with Gasteiger partial charge in [0, 0.05) is 22.1 Å². The molecular weight excluding hydrogens is 651 g/mol. The van der Waals surface area contributed by atoms with Crippen molar-refractivity contribution in [2.45, 2.75) is 24.7 Å². The number of rotatable bonds is 5. The fourth-order valence-corrected chi connectivity index (χ4v) is 13.2. The van der Waals surface area contributed by atoms with Crippen molar-refractivity contribution in [2.75, 3.05) is 4.90 Å². The lowest BCUT2D eigenvalue weighted by Crippen LogP contribution is -2.88. The maximum absolute atomic E-state index is 2.64. The van der Waals surface area contributed by atoms with Crippen molar-refractivity contribution in [3.05, 3.63) is 187 Å². The van der Waals surface area contributed by atoms with E-state index < -0.39 is 0 Å². The van der Waals surface area contributed by atoms with Crippen LogP contribution >= 0.6 is 0 Å². The van der Waals surface area contributed by atoms with Crippen LogP contribution in [0.3, 0.4) is 0 Å². The summed E-state index contributed by atoms with van der Waals surface area (Å²) < 4.78 is 0. The van der Waals surface area contributed by atoms with E-state index in [4.69, 9.17) is 0 Å². The van der Waals surface area contributed by atoms with Crippen molar-refractivity contribution in [3.8, 4) is 33.4 Å². The summed E-state index contributed by atoms with van der Waals surface area (Å²) in [6.45, 7) is 0. The van der Waals surface area contributed by atoms with Crippen LogP contribution in [0.25, 0.3) is 54.9 Å². The lowest BCUT2D eigenvalue weighted by atomic mass is 9.11. The molecule has 5 aliphatic rings. The molecule has 1 heteroatoms. The highest BCUT2D eigenvalue weighted by Gasteiger charge is 2.90. The van der Waals surface area contributed by atoms with Crippen molar-refractivity contribution in [3.63, 3.8) is 0 Å². The van der Waals surface area contributed by atoms with Crippen LogP contribution in [0.5, 0.6) is 0 Å². The van der Waals surface area contributed by atoms with E-state index >= 15 is 0 Å². The highest BCUT2D eigenvalue weighted by atomic mass is 15.1. The maximum Gasteiger partial charge on any atom is 0.0540 e. The SMILES string of the molecule is c1ccc(-c2cccc3cccc(-c4ccccc4N(c4ccc5c(c4)C4(c6ccccc6-5)C5CC6CC7CC4C675)c4cccc5ccccc45)c23)cc1. The molecule has 4 unspecified atom stereocenters. The number of anilines is 3. The van der Waals surface area contributed by atoms with Crippen LogP contribution in [-0.2, 0) is 5.41 Å². The first-order chi connectivity index (χ1) is 26.8. The highest BCUT2D eigenvalue weighted by molar-refractivity contribution is 6.10. The molecule has 13 rings (SSSR count). The van der Waals surface area contributed by atoms with Gasteiger partial charge in [0.15, 0.2) is 0 Å². The van der Waals surface area contributed by atoms with Crippen LogP contribution in [-0.4, -0.2) is 0 Å². The standard InChI is InChI=1S/C53H39N/c1-2-13-34(14-3-1)40-22-10-17-35-18-11-23-44(51(35)40)43-21-7-9-25-48(43)54(47-26-12-16-33-15-4-5-19-39(33)47)38-27-28-42-41-20-6-8-24-45(41)53(46(42)32-38)49-30-36-29-37-31-50(53)52(36,37)49/h1-28,32,36-37,49-50H,29-31H2. The monoisotopic (exact) mass is 689 g/mol. The molecule has 4 atom stereocenters. The maximum atomic E-state index is 2.64. The van der Waals surface area contributed by atoms with Crippen molar-refractivity contribution in [1.29, 1.82) is 0 Å². The first kappa shape index (κ1) is 29.5. The molecule has 0 amide bonds. The van der Waals surface area contributed by atoms with Crippen LogP contribution in [0.1, 0.15) is 30.4 Å². The van der Waals surface area contributed by atoms with Gasteiger partial charge in [-0.05, 0) is 128 Å². The molecular formula is C53H39N. The van der Waals surface area contributed by atoms with E-state index in [0.717, 1.165) is 23.7 Å². The molecule has 2 spiro atoms. The number of benzene rings is 8. The van der Waals surface area contributed by atoms with Gasteiger partial charge in [-0.3, -0.25) is 0 Å². The Labute approximate surface area is 316 Å². The van der Waals surface area contributed by atoms with Crippen molar-refractivity contribution in [1.82, 2.24) is 0 Å². The topological polar surface area (TPSA) is 3.24 Å². The quantitative estimate of drug-likeness (QED) is 0.174. The van der Waals surface area contributed by atoms with E-state index in [1.807, 2.05) is 0 Å². The van der Waals surface area contributed by atoms with Crippen molar-refractivity contribution in [2.24, 2.45) is 29.1 Å². The van der Waals surface area contributed by atoms with Gasteiger partial charge in [-0.25, -0.2) is 0 Å². The third kappa shape index (κ3) is 3.40. The summed E-state index contributed by atoms with van der Waals surface area (Å²) in [6, 6.07) is 66.2.